The van der Waals surface area contributed by atoms with E-state index in [2.05, 4.69) is 22.8 Å². The number of carbonyl (C=O) groups excluding carboxylic acids is 1. The summed E-state index contributed by atoms with van der Waals surface area (Å²) in [5.41, 5.74) is 0. The Morgan fingerprint density at radius 1 is 1.31 bits per heavy atom. The van der Waals surface area contributed by atoms with E-state index < -0.39 is 0 Å². The van der Waals surface area contributed by atoms with E-state index in [1.165, 1.54) is 25.7 Å². The predicted molar refractivity (Wildman–Crippen MR) is 65.1 cm³/mol. The lowest BCUT2D eigenvalue weighted by atomic mass is 9.94. The van der Waals surface area contributed by atoms with Crippen molar-refractivity contribution in [1.82, 2.24) is 10.6 Å². The number of rotatable bonds is 3. The maximum Gasteiger partial charge on any atom is 0.237 e. The Balaban J connectivity index is 1.68. The van der Waals surface area contributed by atoms with Gasteiger partial charge in [0.2, 0.25) is 5.91 Å². The third-order valence-corrected chi connectivity index (χ3v) is 3.57. The van der Waals surface area contributed by atoms with E-state index in [0.29, 0.717) is 5.92 Å². The van der Waals surface area contributed by atoms with Crippen LogP contribution in [0.1, 0.15) is 38.5 Å². The van der Waals surface area contributed by atoms with Crippen molar-refractivity contribution in [3.63, 3.8) is 0 Å². The van der Waals surface area contributed by atoms with Gasteiger partial charge in [0, 0.05) is 6.54 Å². The Bertz CT molecular complexity index is 257. The van der Waals surface area contributed by atoms with Gasteiger partial charge in [-0.25, -0.2) is 0 Å². The summed E-state index contributed by atoms with van der Waals surface area (Å²) in [5, 5.41) is 6.37. The van der Waals surface area contributed by atoms with Gasteiger partial charge >= 0.3 is 0 Å². The highest BCUT2D eigenvalue weighted by molar-refractivity contribution is 5.81. The minimum absolute atomic E-state index is 0.0629. The SMILES string of the molecule is O=C(NCC1CC=CCC1)C1CCCCN1. The standard InChI is InChI=1S/C13H22N2O/c16-13(12-8-4-5-9-14-12)15-10-11-6-2-1-3-7-11/h1-2,11-12,14H,3-10H2,(H,15,16). The summed E-state index contributed by atoms with van der Waals surface area (Å²) in [6.45, 7) is 1.84. The fourth-order valence-electron chi connectivity index (χ4n) is 2.49. The van der Waals surface area contributed by atoms with Crippen LogP contribution in [0.4, 0.5) is 0 Å². The van der Waals surface area contributed by atoms with Crippen molar-refractivity contribution in [3.05, 3.63) is 12.2 Å². The first-order valence-electron chi connectivity index (χ1n) is 6.52. The number of amides is 1. The van der Waals surface area contributed by atoms with E-state index in [9.17, 15) is 4.79 Å². The first-order chi connectivity index (χ1) is 7.86. The van der Waals surface area contributed by atoms with Crippen LogP contribution in [0.5, 0.6) is 0 Å². The molecule has 2 rings (SSSR count). The van der Waals surface area contributed by atoms with Crippen LogP contribution < -0.4 is 10.6 Å². The number of allylic oxidation sites excluding steroid dienone is 2. The maximum atomic E-state index is 11.8. The van der Waals surface area contributed by atoms with E-state index in [-0.39, 0.29) is 11.9 Å². The van der Waals surface area contributed by atoms with Gasteiger partial charge in [-0.1, -0.05) is 18.6 Å². The molecule has 0 aromatic heterocycles. The average Bonchev–Trinajstić information content (AvgIpc) is 2.38. The predicted octanol–water partition coefficient (Wildman–Crippen LogP) is 1.60. The number of hydrogen-bond acceptors (Lipinski definition) is 2. The summed E-state index contributed by atoms with van der Waals surface area (Å²) in [6, 6.07) is 0.0629. The van der Waals surface area contributed by atoms with Crippen molar-refractivity contribution >= 4 is 5.91 Å². The second-order valence-corrected chi connectivity index (χ2v) is 4.90. The van der Waals surface area contributed by atoms with E-state index >= 15 is 0 Å². The van der Waals surface area contributed by atoms with Gasteiger partial charge in [-0.05, 0) is 44.6 Å². The molecule has 1 aliphatic heterocycles. The van der Waals surface area contributed by atoms with Crippen molar-refractivity contribution in [2.75, 3.05) is 13.1 Å². The van der Waals surface area contributed by atoms with Gasteiger partial charge in [0.15, 0.2) is 0 Å². The quantitative estimate of drug-likeness (QED) is 0.712. The topological polar surface area (TPSA) is 41.1 Å². The maximum absolute atomic E-state index is 11.8. The van der Waals surface area contributed by atoms with Gasteiger partial charge in [0.25, 0.3) is 0 Å². The molecule has 2 unspecified atom stereocenters. The monoisotopic (exact) mass is 222 g/mol. The van der Waals surface area contributed by atoms with Gasteiger partial charge in [-0.15, -0.1) is 0 Å². The largest absolute Gasteiger partial charge is 0.354 e. The number of piperidine rings is 1. The third-order valence-electron chi connectivity index (χ3n) is 3.57. The molecule has 3 heteroatoms. The van der Waals surface area contributed by atoms with Crippen LogP contribution >= 0.6 is 0 Å². The highest BCUT2D eigenvalue weighted by Gasteiger charge is 2.21. The molecule has 0 aromatic carbocycles. The van der Waals surface area contributed by atoms with E-state index in [4.69, 9.17) is 0 Å². The summed E-state index contributed by atoms with van der Waals surface area (Å²) in [4.78, 5) is 11.8. The number of carbonyl (C=O) groups is 1. The first-order valence-corrected chi connectivity index (χ1v) is 6.52. The van der Waals surface area contributed by atoms with Crippen LogP contribution in [-0.4, -0.2) is 25.0 Å². The fraction of sp³-hybridized carbons (Fsp3) is 0.769. The highest BCUT2D eigenvalue weighted by Crippen LogP contribution is 2.17. The lowest BCUT2D eigenvalue weighted by Gasteiger charge is -2.24. The number of nitrogens with one attached hydrogen (secondary N) is 2. The summed E-state index contributed by atoms with van der Waals surface area (Å²) in [5.74, 6) is 0.854. The van der Waals surface area contributed by atoms with Crippen molar-refractivity contribution in [3.8, 4) is 0 Å². The molecule has 1 amide bonds. The molecule has 1 heterocycles. The number of hydrogen-bond donors (Lipinski definition) is 2. The van der Waals surface area contributed by atoms with E-state index in [1.54, 1.807) is 0 Å². The molecule has 0 aromatic rings. The second-order valence-electron chi connectivity index (χ2n) is 4.90. The zero-order valence-electron chi connectivity index (χ0n) is 9.87. The third kappa shape index (κ3) is 3.34. The van der Waals surface area contributed by atoms with Crippen molar-refractivity contribution in [1.29, 1.82) is 0 Å². The van der Waals surface area contributed by atoms with Crippen LogP contribution in [0, 0.1) is 5.92 Å². The molecule has 3 nitrogen and oxygen atoms in total. The summed E-state index contributed by atoms with van der Waals surface area (Å²) < 4.78 is 0. The van der Waals surface area contributed by atoms with Crippen LogP contribution in [0.2, 0.25) is 0 Å². The molecular formula is C13H22N2O. The molecule has 1 saturated heterocycles. The van der Waals surface area contributed by atoms with Crippen molar-refractivity contribution in [2.24, 2.45) is 5.92 Å². The smallest absolute Gasteiger partial charge is 0.237 e. The van der Waals surface area contributed by atoms with Gasteiger partial charge in [0.1, 0.15) is 0 Å². The molecule has 90 valence electrons. The molecule has 16 heavy (non-hydrogen) atoms. The molecule has 2 atom stereocenters. The van der Waals surface area contributed by atoms with Gasteiger partial charge in [-0.3, -0.25) is 4.79 Å². The molecule has 0 saturated carbocycles. The minimum atomic E-state index is 0.0629. The van der Waals surface area contributed by atoms with E-state index in [1.807, 2.05) is 0 Å². The minimum Gasteiger partial charge on any atom is -0.354 e. The average molecular weight is 222 g/mol. The zero-order chi connectivity index (χ0) is 11.2. The van der Waals surface area contributed by atoms with Crippen LogP contribution in [-0.2, 0) is 4.79 Å². The van der Waals surface area contributed by atoms with Crippen LogP contribution in [0.3, 0.4) is 0 Å². The van der Waals surface area contributed by atoms with Crippen molar-refractivity contribution < 1.29 is 4.79 Å². The molecule has 0 bridgehead atoms. The van der Waals surface area contributed by atoms with Crippen molar-refractivity contribution in [2.45, 2.75) is 44.6 Å². The van der Waals surface area contributed by atoms with Gasteiger partial charge in [-0.2, -0.15) is 0 Å². The lowest BCUT2D eigenvalue weighted by molar-refractivity contribution is -0.123. The Kier molecular flexibility index (Phi) is 4.40. The molecule has 2 aliphatic rings. The summed E-state index contributed by atoms with van der Waals surface area (Å²) in [6.07, 6.45) is 11.4. The highest BCUT2D eigenvalue weighted by atomic mass is 16.2. The van der Waals surface area contributed by atoms with Crippen LogP contribution in [0.15, 0.2) is 12.2 Å². The van der Waals surface area contributed by atoms with E-state index in [0.717, 1.165) is 25.9 Å². The zero-order valence-corrected chi connectivity index (χ0v) is 9.87. The molecule has 1 aliphatic carbocycles. The Morgan fingerprint density at radius 3 is 2.94 bits per heavy atom. The molecule has 2 N–H and O–H groups in total. The Morgan fingerprint density at radius 2 is 2.25 bits per heavy atom. The first kappa shape index (κ1) is 11.6. The molecule has 1 fully saturated rings. The molecule has 0 radical (unpaired) electrons. The molecule has 0 spiro atoms. The second kappa shape index (κ2) is 6.04. The summed E-state index contributed by atoms with van der Waals surface area (Å²) >= 11 is 0. The fourth-order valence-corrected chi connectivity index (χ4v) is 2.49. The Labute approximate surface area is 97.7 Å². The van der Waals surface area contributed by atoms with Gasteiger partial charge in [0.05, 0.1) is 6.04 Å². The summed E-state index contributed by atoms with van der Waals surface area (Å²) in [7, 11) is 0. The van der Waals surface area contributed by atoms with Gasteiger partial charge < -0.3 is 10.6 Å². The lowest BCUT2D eigenvalue weighted by Crippen LogP contribution is -2.47. The molecular weight excluding hydrogens is 200 g/mol. The van der Waals surface area contributed by atoms with Crippen LogP contribution in [0.25, 0.3) is 0 Å². The Hall–Kier alpha value is -0.830. The normalized spacial score (nSPS) is 30.0.